The van der Waals surface area contributed by atoms with Crippen molar-refractivity contribution in [2.45, 2.75) is 13.8 Å². The van der Waals surface area contributed by atoms with Crippen LogP contribution < -0.4 is 10.9 Å². The molecular formula is C18H16FN3O5. The molecule has 1 aromatic carbocycles. The average Bonchev–Trinajstić information content (AvgIpc) is 2.96. The molecular weight excluding hydrogens is 357 g/mol. The number of amides is 1. The van der Waals surface area contributed by atoms with E-state index in [0.717, 1.165) is 6.07 Å². The van der Waals surface area contributed by atoms with Crippen molar-refractivity contribution in [1.82, 2.24) is 9.55 Å². The van der Waals surface area contributed by atoms with Gasteiger partial charge in [0.2, 0.25) is 5.71 Å². The molecule has 0 aliphatic rings. The Hall–Kier alpha value is -3.49. The molecule has 0 unspecified atom stereocenters. The third kappa shape index (κ3) is 3.57. The number of rotatable bonds is 4. The second-order valence-corrected chi connectivity index (χ2v) is 5.96. The number of fused-ring (bicyclic) bond motifs is 1. The smallest absolute Gasteiger partial charge is 0.343 e. The minimum Gasteiger partial charge on any atom is -0.452 e. The number of nitrogens with one attached hydrogen (secondary N) is 1. The fraction of sp³-hybridized carbons (Fsp3) is 0.222. The molecule has 0 aliphatic heterocycles. The topological polar surface area (TPSA) is 103 Å². The Bertz CT molecular complexity index is 1120. The minimum atomic E-state index is -0.887. The van der Waals surface area contributed by atoms with Crippen LogP contribution in [0, 0.1) is 19.7 Å². The van der Waals surface area contributed by atoms with Gasteiger partial charge in [-0.1, -0.05) is 6.07 Å². The number of nitrogens with zero attached hydrogens (tertiary/aromatic N) is 2. The lowest BCUT2D eigenvalue weighted by Crippen LogP contribution is -2.23. The van der Waals surface area contributed by atoms with Crippen LogP contribution in [0.15, 0.2) is 33.7 Å². The summed E-state index contributed by atoms with van der Waals surface area (Å²) in [4.78, 5) is 40.5. The highest BCUT2D eigenvalue weighted by Gasteiger charge is 2.24. The number of furan rings is 1. The van der Waals surface area contributed by atoms with Crippen molar-refractivity contribution in [3.05, 3.63) is 57.6 Å². The second-order valence-electron chi connectivity index (χ2n) is 5.96. The van der Waals surface area contributed by atoms with E-state index in [0.29, 0.717) is 5.56 Å². The monoisotopic (exact) mass is 373 g/mol. The Morgan fingerprint density at radius 1 is 1.33 bits per heavy atom. The summed E-state index contributed by atoms with van der Waals surface area (Å²) in [6.45, 7) is 2.48. The van der Waals surface area contributed by atoms with Crippen LogP contribution >= 0.6 is 0 Å². The lowest BCUT2D eigenvalue weighted by atomic mass is 10.2. The van der Waals surface area contributed by atoms with Gasteiger partial charge in [0.25, 0.3) is 11.5 Å². The molecule has 1 amide bonds. The van der Waals surface area contributed by atoms with Gasteiger partial charge in [-0.25, -0.2) is 14.2 Å². The quantitative estimate of drug-likeness (QED) is 0.703. The molecule has 9 heteroatoms. The van der Waals surface area contributed by atoms with E-state index in [2.05, 4.69) is 10.3 Å². The SMILES string of the molecule is Cc1ccc(NC(=O)COC(=O)c2c(C)oc3ncn(C)c(=O)c23)cc1F. The predicted octanol–water partition coefficient (Wildman–Crippen LogP) is 2.08. The maximum atomic E-state index is 13.5. The van der Waals surface area contributed by atoms with Crippen molar-refractivity contribution in [2.24, 2.45) is 7.05 Å². The molecule has 0 aliphatic carbocycles. The molecule has 2 aromatic heterocycles. The Morgan fingerprint density at radius 2 is 2.07 bits per heavy atom. The van der Waals surface area contributed by atoms with Gasteiger partial charge in [-0.05, 0) is 31.5 Å². The number of aryl methyl sites for hydroxylation is 3. The van der Waals surface area contributed by atoms with Crippen molar-refractivity contribution in [3.63, 3.8) is 0 Å². The Morgan fingerprint density at radius 3 is 2.78 bits per heavy atom. The summed E-state index contributed by atoms with van der Waals surface area (Å²) < 4.78 is 25.0. The molecule has 140 valence electrons. The highest BCUT2D eigenvalue weighted by atomic mass is 19.1. The Labute approximate surface area is 152 Å². The molecule has 0 fully saturated rings. The van der Waals surface area contributed by atoms with Crippen LogP contribution in [-0.2, 0) is 16.6 Å². The van der Waals surface area contributed by atoms with E-state index in [1.807, 2.05) is 0 Å². The van der Waals surface area contributed by atoms with Gasteiger partial charge in [-0.15, -0.1) is 0 Å². The maximum absolute atomic E-state index is 13.5. The summed E-state index contributed by atoms with van der Waals surface area (Å²) in [7, 11) is 1.49. The van der Waals surface area contributed by atoms with Gasteiger partial charge in [-0.2, -0.15) is 0 Å². The predicted molar refractivity (Wildman–Crippen MR) is 94.0 cm³/mol. The molecule has 0 saturated heterocycles. The summed E-state index contributed by atoms with van der Waals surface area (Å²) in [5.74, 6) is -1.84. The normalized spacial score (nSPS) is 10.8. The van der Waals surface area contributed by atoms with Crippen molar-refractivity contribution < 1.29 is 23.1 Å². The number of carbonyl (C=O) groups is 2. The van der Waals surface area contributed by atoms with Gasteiger partial charge in [-0.3, -0.25) is 9.59 Å². The first-order valence-electron chi connectivity index (χ1n) is 7.95. The van der Waals surface area contributed by atoms with Gasteiger partial charge in [0.05, 0.1) is 0 Å². The van der Waals surface area contributed by atoms with Crippen molar-refractivity contribution >= 4 is 28.7 Å². The number of benzene rings is 1. The lowest BCUT2D eigenvalue weighted by Gasteiger charge is -2.07. The van der Waals surface area contributed by atoms with Crippen molar-refractivity contribution in [1.29, 1.82) is 0 Å². The Kier molecular flexibility index (Phi) is 4.76. The summed E-state index contributed by atoms with van der Waals surface area (Å²) >= 11 is 0. The van der Waals surface area contributed by atoms with Gasteiger partial charge < -0.3 is 19.0 Å². The van der Waals surface area contributed by atoms with Crippen LogP contribution in [0.1, 0.15) is 21.7 Å². The Balaban J connectivity index is 1.74. The number of halogens is 1. The van der Waals surface area contributed by atoms with Crippen molar-refractivity contribution in [3.8, 4) is 0 Å². The second kappa shape index (κ2) is 7.02. The largest absolute Gasteiger partial charge is 0.452 e. The first kappa shape index (κ1) is 18.3. The van der Waals surface area contributed by atoms with Crippen LogP contribution in [0.3, 0.4) is 0 Å². The molecule has 1 N–H and O–H groups in total. The molecule has 0 saturated carbocycles. The summed E-state index contributed by atoms with van der Waals surface area (Å²) in [5.41, 5.74) is 0.150. The number of ether oxygens (including phenoxy) is 1. The van der Waals surface area contributed by atoms with E-state index in [9.17, 15) is 18.8 Å². The zero-order chi connectivity index (χ0) is 19.7. The van der Waals surface area contributed by atoms with E-state index < -0.39 is 29.9 Å². The molecule has 8 nitrogen and oxygen atoms in total. The number of esters is 1. The van der Waals surface area contributed by atoms with Gasteiger partial charge >= 0.3 is 5.97 Å². The van der Waals surface area contributed by atoms with Gasteiger partial charge in [0.15, 0.2) is 6.61 Å². The van der Waals surface area contributed by atoms with E-state index in [1.54, 1.807) is 6.92 Å². The maximum Gasteiger partial charge on any atom is 0.343 e. The van der Waals surface area contributed by atoms with E-state index >= 15 is 0 Å². The first-order chi connectivity index (χ1) is 12.8. The summed E-state index contributed by atoms with van der Waals surface area (Å²) in [5, 5.41) is 2.41. The summed E-state index contributed by atoms with van der Waals surface area (Å²) in [6, 6.07) is 4.21. The minimum absolute atomic E-state index is 0.0106. The van der Waals surface area contributed by atoms with Crippen LogP contribution in [0.25, 0.3) is 11.1 Å². The van der Waals surface area contributed by atoms with Crippen LogP contribution in [-0.4, -0.2) is 28.0 Å². The zero-order valence-corrected chi connectivity index (χ0v) is 14.8. The first-order valence-corrected chi connectivity index (χ1v) is 7.95. The van der Waals surface area contributed by atoms with Gasteiger partial charge in [0.1, 0.15) is 28.9 Å². The van der Waals surface area contributed by atoms with Crippen molar-refractivity contribution in [2.75, 3.05) is 11.9 Å². The molecule has 3 aromatic rings. The fourth-order valence-corrected chi connectivity index (χ4v) is 2.50. The number of carbonyl (C=O) groups excluding carboxylic acids is 2. The van der Waals surface area contributed by atoms with Crippen LogP contribution in [0.5, 0.6) is 0 Å². The molecule has 3 rings (SSSR count). The number of anilines is 1. The fourth-order valence-electron chi connectivity index (χ4n) is 2.50. The van der Waals surface area contributed by atoms with E-state index in [1.165, 1.54) is 37.0 Å². The standard InChI is InChI=1S/C18H16FN3O5/c1-9-4-5-11(6-12(9)19)21-13(23)7-26-18(25)14-10(2)27-16-15(14)17(24)22(3)8-20-16/h4-6,8H,7H2,1-3H3,(H,21,23). The number of aromatic nitrogens is 2. The van der Waals surface area contributed by atoms with E-state index in [-0.39, 0.29) is 28.1 Å². The molecule has 0 bridgehead atoms. The van der Waals surface area contributed by atoms with E-state index in [4.69, 9.17) is 9.15 Å². The zero-order valence-electron chi connectivity index (χ0n) is 14.8. The summed E-state index contributed by atoms with van der Waals surface area (Å²) in [6.07, 6.45) is 1.27. The third-order valence-electron chi connectivity index (χ3n) is 3.94. The number of hydrogen-bond donors (Lipinski definition) is 1. The number of hydrogen-bond acceptors (Lipinski definition) is 6. The molecule has 2 heterocycles. The highest BCUT2D eigenvalue weighted by Crippen LogP contribution is 2.21. The molecule has 27 heavy (non-hydrogen) atoms. The molecule has 0 atom stereocenters. The van der Waals surface area contributed by atoms with Crippen LogP contribution in [0.4, 0.5) is 10.1 Å². The highest BCUT2D eigenvalue weighted by molar-refractivity contribution is 6.04. The lowest BCUT2D eigenvalue weighted by molar-refractivity contribution is -0.119. The van der Waals surface area contributed by atoms with Crippen LogP contribution in [0.2, 0.25) is 0 Å². The third-order valence-corrected chi connectivity index (χ3v) is 3.94. The van der Waals surface area contributed by atoms with Gasteiger partial charge in [0, 0.05) is 12.7 Å². The molecule has 0 radical (unpaired) electrons. The molecule has 0 spiro atoms. The average molecular weight is 373 g/mol.